The number of nitrogens with two attached hydrogens (primary N) is 1. The maximum Gasteiger partial charge on any atom is 0.241 e. The van der Waals surface area contributed by atoms with Crippen LogP contribution in [-0.2, 0) is 11.3 Å². The van der Waals surface area contributed by atoms with Gasteiger partial charge in [-0.2, -0.15) is 0 Å². The Labute approximate surface area is 157 Å². The molecular weight excluding hydrogens is 378 g/mol. The Morgan fingerprint density at radius 3 is 2.44 bits per heavy atom. The van der Waals surface area contributed by atoms with Crippen LogP contribution in [-0.4, -0.2) is 37.0 Å². The first-order chi connectivity index (χ1) is 12.1. The highest BCUT2D eigenvalue weighted by atomic mass is 79.9. The number of halogens is 1. The standard InChI is InChI=1S/C20H22BrN3O/c21-18-14-16(7-9-20(22)25)6-8-19(18)24-12-10-23(11-13-24)15-17-4-2-1-3-5-17/h1-9,14H,10-13,15H2,(H2,22,25)/b9-7+. The van der Waals surface area contributed by atoms with Crippen molar-refractivity contribution < 1.29 is 4.79 Å². The van der Waals surface area contributed by atoms with E-state index in [2.05, 4.69) is 62.1 Å². The summed E-state index contributed by atoms with van der Waals surface area (Å²) in [6, 6.07) is 16.7. The van der Waals surface area contributed by atoms with Crippen LogP contribution in [0.4, 0.5) is 5.69 Å². The van der Waals surface area contributed by atoms with Gasteiger partial charge in [0.2, 0.25) is 5.91 Å². The molecule has 25 heavy (non-hydrogen) atoms. The van der Waals surface area contributed by atoms with E-state index >= 15 is 0 Å². The Morgan fingerprint density at radius 2 is 1.80 bits per heavy atom. The molecule has 1 aliphatic rings. The fraction of sp³-hybridized carbons (Fsp3) is 0.250. The van der Waals surface area contributed by atoms with E-state index < -0.39 is 5.91 Å². The molecule has 0 spiro atoms. The molecule has 1 saturated heterocycles. The van der Waals surface area contributed by atoms with Gasteiger partial charge in [0, 0.05) is 43.3 Å². The van der Waals surface area contributed by atoms with Crippen molar-refractivity contribution in [1.29, 1.82) is 0 Å². The van der Waals surface area contributed by atoms with E-state index in [1.54, 1.807) is 6.08 Å². The minimum atomic E-state index is -0.435. The molecule has 2 N–H and O–H groups in total. The third-order valence-corrected chi connectivity index (χ3v) is 5.01. The zero-order valence-corrected chi connectivity index (χ0v) is 15.7. The summed E-state index contributed by atoms with van der Waals surface area (Å²) in [5, 5.41) is 0. The molecule has 3 rings (SSSR count). The molecule has 1 fully saturated rings. The van der Waals surface area contributed by atoms with Gasteiger partial charge in [-0.3, -0.25) is 9.69 Å². The lowest BCUT2D eigenvalue weighted by Gasteiger charge is -2.36. The zero-order chi connectivity index (χ0) is 17.6. The number of carbonyl (C=O) groups is 1. The highest BCUT2D eigenvalue weighted by Gasteiger charge is 2.18. The lowest BCUT2D eigenvalue weighted by atomic mass is 10.1. The summed E-state index contributed by atoms with van der Waals surface area (Å²) in [5.41, 5.74) is 8.65. The molecule has 1 aliphatic heterocycles. The van der Waals surface area contributed by atoms with E-state index in [9.17, 15) is 4.79 Å². The van der Waals surface area contributed by atoms with Crippen molar-refractivity contribution in [3.05, 3.63) is 70.2 Å². The Kier molecular flexibility index (Phi) is 5.89. The number of primary amides is 1. The van der Waals surface area contributed by atoms with Gasteiger partial charge < -0.3 is 10.6 Å². The fourth-order valence-electron chi connectivity index (χ4n) is 3.05. The van der Waals surface area contributed by atoms with Crippen molar-refractivity contribution in [3.63, 3.8) is 0 Å². The molecule has 0 unspecified atom stereocenters. The number of hydrogen-bond acceptors (Lipinski definition) is 3. The zero-order valence-electron chi connectivity index (χ0n) is 14.1. The highest BCUT2D eigenvalue weighted by molar-refractivity contribution is 9.10. The Morgan fingerprint density at radius 1 is 1.08 bits per heavy atom. The van der Waals surface area contributed by atoms with Gasteiger partial charge in [0.1, 0.15) is 0 Å². The van der Waals surface area contributed by atoms with Crippen molar-refractivity contribution >= 4 is 33.6 Å². The van der Waals surface area contributed by atoms with Gasteiger partial charge in [-0.25, -0.2) is 0 Å². The van der Waals surface area contributed by atoms with Gasteiger partial charge in [-0.05, 0) is 45.3 Å². The second-order valence-corrected chi connectivity index (χ2v) is 7.05. The molecule has 4 nitrogen and oxygen atoms in total. The van der Waals surface area contributed by atoms with E-state index in [1.165, 1.54) is 17.3 Å². The van der Waals surface area contributed by atoms with Crippen LogP contribution < -0.4 is 10.6 Å². The number of hydrogen-bond donors (Lipinski definition) is 1. The average Bonchev–Trinajstić information content (AvgIpc) is 2.62. The van der Waals surface area contributed by atoms with E-state index in [4.69, 9.17) is 5.73 Å². The summed E-state index contributed by atoms with van der Waals surface area (Å²) >= 11 is 3.65. The van der Waals surface area contributed by atoms with Gasteiger partial charge >= 0.3 is 0 Å². The summed E-state index contributed by atoms with van der Waals surface area (Å²) < 4.78 is 1.04. The van der Waals surface area contributed by atoms with Crippen LogP contribution in [0.15, 0.2) is 59.1 Å². The molecule has 0 bridgehead atoms. The van der Waals surface area contributed by atoms with Crippen LogP contribution in [0.1, 0.15) is 11.1 Å². The predicted octanol–water partition coefficient (Wildman–Crippen LogP) is 3.27. The molecule has 130 valence electrons. The predicted molar refractivity (Wildman–Crippen MR) is 106 cm³/mol. The number of amides is 1. The molecule has 5 heteroatoms. The number of nitrogens with zero attached hydrogens (tertiary/aromatic N) is 2. The minimum absolute atomic E-state index is 0.435. The van der Waals surface area contributed by atoms with Gasteiger partial charge in [0.15, 0.2) is 0 Å². The van der Waals surface area contributed by atoms with Crippen molar-refractivity contribution in [2.45, 2.75) is 6.54 Å². The molecule has 0 aliphatic carbocycles. The SMILES string of the molecule is NC(=O)/C=C/c1ccc(N2CCN(Cc3ccccc3)CC2)c(Br)c1. The summed E-state index contributed by atoms with van der Waals surface area (Å²) in [4.78, 5) is 15.7. The maximum absolute atomic E-state index is 10.8. The summed E-state index contributed by atoms with van der Waals surface area (Å²) in [6.45, 7) is 5.10. The smallest absolute Gasteiger partial charge is 0.241 e. The number of rotatable bonds is 5. The second-order valence-electron chi connectivity index (χ2n) is 6.20. The first-order valence-corrected chi connectivity index (χ1v) is 9.19. The fourth-order valence-corrected chi connectivity index (χ4v) is 3.70. The molecule has 2 aromatic carbocycles. The third kappa shape index (κ3) is 4.94. The molecule has 1 amide bonds. The monoisotopic (exact) mass is 399 g/mol. The number of benzene rings is 2. The van der Waals surface area contributed by atoms with Crippen LogP contribution in [0.25, 0.3) is 6.08 Å². The summed E-state index contributed by atoms with van der Waals surface area (Å²) in [7, 11) is 0. The van der Waals surface area contributed by atoms with Gasteiger partial charge in [0.05, 0.1) is 5.69 Å². The first kappa shape index (κ1) is 17.7. The summed E-state index contributed by atoms with van der Waals surface area (Å²) in [6.07, 6.45) is 3.11. The van der Waals surface area contributed by atoms with Crippen molar-refractivity contribution in [1.82, 2.24) is 4.90 Å². The maximum atomic E-state index is 10.8. The topological polar surface area (TPSA) is 49.6 Å². The van der Waals surface area contributed by atoms with Crippen LogP contribution >= 0.6 is 15.9 Å². The normalized spacial score (nSPS) is 15.6. The molecule has 0 aromatic heterocycles. The molecule has 1 heterocycles. The third-order valence-electron chi connectivity index (χ3n) is 4.37. The van der Waals surface area contributed by atoms with E-state index in [0.717, 1.165) is 42.8 Å². The van der Waals surface area contributed by atoms with Crippen LogP contribution in [0.2, 0.25) is 0 Å². The minimum Gasteiger partial charge on any atom is -0.368 e. The lowest BCUT2D eigenvalue weighted by molar-refractivity contribution is -0.113. The first-order valence-electron chi connectivity index (χ1n) is 8.40. The Bertz CT molecular complexity index is 753. The molecule has 0 radical (unpaired) electrons. The van der Waals surface area contributed by atoms with Crippen molar-refractivity contribution in [2.24, 2.45) is 5.73 Å². The van der Waals surface area contributed by atoms with E-state index in [0.29, 0.717) is 0 Å². The van der Waals surface area contributed by atoms with Crippen molar-refractivity contribution in [2.75, 3.05) is 31.1 Å². The second kappa shape index (κ2) is 8.32. The number of anilines is 1. The molecular formula is C20H22BrN3O. The molecule has 2 aromatic rings. The van der Waals surface area contributed by atoms with Crippen molar-refractivity contribution in [3.8, 4) is 0 Å². The van der Waals surface area contributed by atoms with E-state index in [1.807, 2.05) is 12.1 Å². The quantitative estimate of drug-likeness (QED) is 0.784. The van der Waals surface area contributed by atoms with E-state index in [-0.39, 0.29) is 0 Å². The Hall–Kier alpha value is -2.11. The summed E-state index contributed by atoms with van der Waals surface area (Å²) in [5.74, 6) is -0.435. The Balaban J connectivity index is 1.60. The van der Waals surface area contributed by atoms with Gasteiger partial charge in [0.25, 0.3) is 0 Å². The molecule has 0 atom stereocenters. The largest absolute Gasteiger partial charge is 0.368 e. The average molecular weight is 400 g/mol. The van der Waals surface area contributed by atoms with Crippen LogP contribution in [0, 0.1) is 0 Å². The number of piperazine rings is 1. The number of carbonyl (C=O) groups excluding carboxylic acids is 1. The molecule has 0 saturated carbocycles. The van der Waals surface area contributed by atoms with Gasteiger partial charge in [-0.1, -0.05) is 36.4 Å². The van der Waals surface area contributed by atoms with Crippen LogP contribution in [0.3, 0.4) is 0 Å². The van der Waals surface area contributed by atoms with Crippen LogP contribution in [0.5, 0.6) is 0 Å². The highest BCUT2D eigenvalue weighted by Crippen LogP contribution is 2.29. The van der Waals surface area contributed by atoms with Gasteiger partial charge in [-0.15, -0.1) is 0 Å². The lowest BCUT2D eigenvalue weighted by Crippen LogP contribution is -2.46.